The van der Waals surface area contributed by atoms with E-state index in [-0.39, 0.29) is 17.0 Å². The van der Waals surface area contributed by atoms with E-state index >= 15 is 0 Å². The maximum atomic E-state index is 13.2. The summed E-state index contributed by atoms with van der Waals surface area (Å²) in [7, 11) is 0. The molecule has 0 fully saturated rings. The SMILES string of the molecule is Cc1ccc(NC(=O)[C@H](C)Sc2nnc(Nc3cccc(F)c3)s2)cc1. The van der Waals surface area contributed by atoms with Gasteiger partial charge >= 0.3 is 0 Å². The van der Waals surface area contributed by atoms with Gasteiger partial charge in [0.05, 0.1) is 5.25 Å². The molecule has 0 aliphatic rings. The summed E-state index contributed by atoms with van der Waals surface area (Å²) < 4.78 is 13.9. The first-order valence-electron chi connectivity index (χ1n) is 7.90. The molecular weight excluding hydrogens is 371 g/mol. The van der Waals surface area contributed by atoms with Gasteiger partial charge in [-0.1, -0.05) is 46.9 Å². The number of carbonyl (C=O) groups is 1. The summed E-state index contributed by atoms with van der Waals surface area (Å²) in [5.74, 6) is -0.427. The van der Waals surface area contributed by atoms with Crippen molar-refractivity contribution in [3.05, 3.63) is 59.9 Å². The number of rotatable bonds is 6. The third kappa shape index (κ3) is 5.03. The maximum absolute atomic E-state index is 13.2. The lowest BCUT2D eigenvalue weighted by Crippen LogP contribution is -2.22. The molecule has 0 spiro atoms. The van der Waals surface area contributed by atoms with Crippen LogP contribution in [0, 0.1) is 12.7 Å². The van der Waals surface area contributed by atoms with E-state index in [0.29, 0.717) is 15.2 Å². The van der Waals surface area contributed by atoms with Crippen molar-refractivity contribution in [2.45, 2.75) is 23.4 Å². The fourth-order valence-corrected chi connectivity index (χ4v) is 4.00. The molecule has 0 saturated carbocycles. The zero-order chi connectivity index (χ0) is 18.5. The monoisotopic (exact) mass is 388 g/mol. The van der Waals surface area contributed by atoms with Gasteiger partial charge in [-0.3, -0.25) is 4.79 Å². The molecule has 5 nitrogen and oxygen atoms in total. The summed E-state index contributed by atoms with van der Waals surface area (Å²) in [4.78, 5) is 12.3. The van der Waals surface area contributed by atoms with Gasteiger partial charge in [0.15, 0.2) is 4.34 Å². The summed E-state index contributed by atoms with van der Waals surface area (Å²) in [6, 6.07) is 13.8. The minimum Gasteiger partial charge on any atom is -0.330 e. The van der Waals surface area contributed by atoms with E-state index in [2.05, 4.69) is 20.8 Å². The molecule has 0 bridgehead atoms. The van der Waals surface area contributed by atoms with Crippen LogP contribution in [-0.2, 0) is 4.79 Å². The van der Waals surface area contributed by atoms with Gasteiger partial charge in [0.25, 0.3) is 0 Å². The van der Waals surface area contributed by atoms with Crippen molar-refractivity contribution in [3.63, 3.8) is 0 Å². The van der Waals surface area contributed by atoms with Crippen LogP contribution in [0.5, 0.6) is 0 Å². The Kier molecular flexibility index (Phi) is 5.85. The molecule has 134 valence electrons. The fraction of sp³-hybridized carbons (Fsp3) is 0.167. The van der Waals surface area contributed by atoms with Crippen LogP contribution in [-0.4, -0.2) is 21.4 Å². The lowest BCUT2D eigenvalue weighted by Gasteiger charge is -2.10. The molecule has 2 aromatic carbocycles. The Hall–Kier alpha value is -2.45. The summed E-state index contributed by atoms with van der Waals surface area (Å²) in [5.41, 5.74) is 2.50. The second-order valence-electron chi connectivity index (χ2n) is 5.62. The zero-order valence-electron chi connectivity index (χ0n) is 14.2. The van der Waals surface area contributed by atoms with E-state index in [1.807, 2.05) is 38.1 Å². The first kappa shape index (κ1) is 18.3. The molecule has 1 amide bonds. The van der Waals surface area contributed by atoms with Gasteiger partial charge in [0, 0.05) is 11.4 Å². The minimum absolute atomic E-state index is 0.103. The number of nitrogens with one attached hydrogen (secondary N) is 2. The molecular formula is C18H17FN4OS2. The maximum Gasteiger partial charge on any atom is 0.237 e. The number of thioether (sulfide) groups is 1. The van der Waals surface area contributed by atoms with E-state index < -0.39 is 0 Å². The summed E-state index contributed by atoms with van der Waals surface area (Å²) in [5, 5.41) is 14.2. The average molecular weight is 388 g/mol. The number of carbonyl (C=O) groups excluding carboxylic acids is 1. The molecule has 8 heteroatoms. The van der Waals surface area contributed by atoms with Crippen molar-refractivity contribution in [2.75, 3.05) is 10.6 Å². The highest BCUT2D eigenvalue weighted by Gasteiger charge is 2.17. The molecule has 0 aliphatic carbocycles. The van der Waals surface area contributed by atoms with Gasteiger partial charge < -0.3 is 10.6 Å². The number of aryl methyl sites for hydroxylation is 1. The Morgan fingerprint density at radius 1 is 1.15 bits per heavy atom. The molecule has 1 atom stereocenters. The van der Waals surface area contributed by atoms with Crippen LogP contribution in [0.3, 0.4) is 0 Å². The Morgan fingerprint density at radius 3 is 2.65 bits per heavy atom. The molecule has 3 aromatic rings. The Morgan fingerprint density at radius 2 is 1.92 bits per heavy atom. The van der Waals surface area contributed by atoms with Gasteiger partial charge in [0.2, 0.25) is 11.0 Å². The smallest absolute Gasteiger partial charge is 0.237 e. The standard InChI is InChI=1S/C18H17FN4OS2/c1-11-6-8-14(9-7-11)20-16(24)12(2)25-18-23-22-17(26-18)21-15-5-3-4-13(19)10-15/h3-10,12H,1-2H3,(H,20,24)(H,21,22)/t12-/m0/s1. The van der Waals surface area contributed by atoms with Gasteiger partial charge in [-0.15, -0.1) is 10.2 Å². The van der Waals surface area contributed by atoms with Crippen LogP contribution >= 0.6 is 23.1 Å². The lowest BCUT2D eigenvalue weighted by molar-refractivity contribution is -0.115. The number of hydrogen-bond acceptors (Lipinski definition) is 6. The van der Waals surface area contributed by atoms with Crippen LogP contribution in [0.1, 0.15) is 12.5 Å². The topological polar surface area (TPSA) is 66.9 Å². The van der Waals surface area contributed by atoms with Crippen LogP contribution in [0.2, 0.25) is 0 Å². The molecule has 3 rings (SSSR count). The second kappa shape index (κ2) is 8.29. The number of amides is 1. The molecule has 0 aliphatic heterocycles. The van der Waals surface area contributed by atoms with Crippen LogP contribution < -0.4 is 10.6 Å². The highest BCUT2D eigenvalue weighted by molar-refractivity contribution is 8.02. The average Bonchev–Trinajstić information content (AvgIpc) is 3.03. The normalized spacial score (nSPS) is 11.8. The highest BCUT2D eigenvalue weighted by atomic mass is 32.2. The van der Waals surface area contributed by atoms with Gasteiger partial charge in [0.1, 0.15) is 5.82 Å². The number of anilines is 3. The van der Waals surface area contributed by atoms with Gasteiger partial charge in [-0.25, -0.2) is 4.39 Å². The number of nitrogens with zero attached hydrogens (tertiary/aromatic N) is 2. The molecule has 1 heterocycles. The summed E-state index contributed by atoms with van der Waals surface area (Å²) >= 11 is 2.64. The summed E-state index contributed by atoms with van der Waals surface area (Å²) in [6.45, 7) is 3.81. The van der Waals surface area contributed by atoms with Crippen LogP contribution in [0.15, 0.2) is 52.9 Å². The van der Waals surface area contributed by atoms with Crippen molar-refractivity contribution in [2.24, 2.45) is 0 Å². The van der Waals surface area contributed by atoms with Gasteiger partial charge in [-0.2, -0.15) is 0 Å². The number of halogens is 1. The molecule has 0 saturated heterocycles. The molecule has 0 unspecified atom stereocenters. The fourth-order valence-electron chi connectivity index (χ4n) is 2.08. The predicted molar refractivity (Wildman–Crippen MR) is 105 cm³/mol. The Bertz CT molecular complexity index is 898. The third-order valence-corrected chi connectivity index (χ3v) is 5.47. The second-order valence-corrected chi connectivity index (χ2v) is 8.19. The zero-order valence-corrected chi connectivity index (χ0v) is 15.8. The number of aromatic nitrogens is 2. The highest BCUT2D eigenvalue weighted by Crippen LogP contribution is 2.31. The number of benzene rings is 2. The minimum atomic E-state index is -0.328. The molecule has 26 heavy (non-hydrogen) atoms. The van der Waals surface area contributed by atoms with Crippen molar-refractivity contribution in [1.82, 2.24) is 10.2 Å². The van der Waals surface area contributed by atoms with E-state index in [9.17, 15) is 9.18 Å². The Labute approximate surface area is 159 Å². The number of hydrogen-bond donors (Lipinski definition) is 2. The first-order chi connectivity index (χ1) is 12.5. The Balaban J connectivity index is 1.57. The lowest BCUT2D eigenvalue weighted by atomic mass is 10.2. The first-order valence-corrected chi connectivity index (χ1v) is 9.59. The summed E-state index contributed by atoms with van der Waals surface area (Å²) in [6.07, 6.45) is 0. The van der Waals surface area contributed by atoms with E-state index in [1.165, 1.54) is 35.2 Å². The van der Waals surface area contributed by atoms with Crippen molar-refractivity contribution in [1.29, 1.82) is 0 Å². The molecule has 2 N–H and O–H groups in total. The molecule has 1 aromatic heterocycles. The van der Waals surface area contributed by atoms with Crippen molar-refractivity contribution < 1.29 is 9.18 Å². The van der Waals surface area contributed by atoms with E-state index in [4.69, 9.17) is 0 Å². The largest absolute Gasteiger partial charge is 0.330 e. The third-order valence-electron chi connectivity index (χ3n) is 3.45. The quantitative estimate of drug-likeness (QED) is 0.591. The van der Waals surface area contributed by atoms with Gasteiger partial charge in [-0.05, 0) is 44.2 Å². The van der Waals surface area contributed by atoms with E-state index in [1.54, 1.807) is 12.1 Å². The van der Waals surface area contributed by atoms with E-state index in [0.717, 1.165) is 11.3 Å². The van der Waals surface area contributed by atoms with Crippen LogP contribution in [0.4, 0.5) is 20.9 Å². The van der Waals surface area contributed by atoms with Crippen LogP contribution in [0.25, 0.3) is 0 Å². The van der Waals surface area contributed by atoms with Crippen molar-refractivity contribution in [3.8, 4) is 0 Å². The van der Waals surface area contributed by atoms with Crippen molar-refractivity contribution >= 4 is 45.5 Å². The predicted octanol–water partition coefficient (Wildman–Crippen LogP) is 4.85. The molecule has 0 radical (unpaired) electrons.